The number of likely N-dealkylation sites (tertiary alicyclic amines) is 1. The lowest BCUT2D eigenvalue weighted by molar-refractivity contribution is 0.295. The van der Waals surface area contributed by atoms with Gasteiger partial charge in [0.1, 0.15) is 11.7 Å². The minimum Gasteiger partial charge on any atom is -0.370 e. The predicted molar refractivity (Wildman–Crippen MR) is 70.3 cm³/mol. The van der Waals surface area contributed by atoms with Crippen LogP contribution in [0, 0.1) is 5.82 Å². The van der Waals surface area contributed by atoms with Crippen molar-refractivity contribution in [3.63, 3.8) is 0 Å². The Morgan fingerprint density at radius 3 is 2.67 bits per heavy atom. The molecule has 0 saturated carbocycles. The van der Waals surface area contributed by atoms with Crippen LogP contribution in [0.15, 0.2) is 29.3 Å². The SMILES string of the molecule is Fc1ccccc1C(C1=NCCN1)N1CCCC1. The van der Waals surface area contributed by atoms with E-state index >= 15 is 0 Å². The summed E-state index contributed by atoms with van der Waals surface area (Å²) in [6.45, 7) is 3.72. The minimum atomic E-state index is -0.134. The lowest BCUT2D eigenvalue weighted by Crippen LogP contribution is -2.37. The number of amidine groups is 1. The molecule has 1 fully saturated rings. The van der Waals surface area contributed by atoms with Crippen LogP contribution in [-0.4, -0.2) is 36.9 Å². The number of rotatable bonds is 3. The van der Waals surface area contributed by atoms with Gasteiger partial charge < -0.3 is 5.32 Å². The Morgan fingerprint density at radius 1 is 1.22 bits per heavy atom. The Labute approximate surface area is 107 Å². The van der Waals surface area contributed by atoms with E-state index in [1.54, 1.807) is 6.07 Å². The fourth-order valence-corrected chi connectivity index (χ4v) is 2.81. The Hall–Kier alpha value is -1.42. The summed E-state index contributed by atoms with van der Waals surface area (Å²) < 4.78 is 14.0. The zero-order valence-electron chi connectivity index (χ0n) is 10.4. The van der Waals surface area contributed by atoms with Gasteiger partial charge in [-0.05, 0) is 32.0 Å². The van der Waals surface area contributed by atoms with Crippen molar-refractivity contribution in [1.29, 1.82) is 0 Å². The lowest BCUT2D eigenvalue weighted by atomic mass is 10.0. The van der Waals surface area contributed by atoms with Crippen molar-refractivity contribution < 1.29 is 4.39 Å². The van der Waals surface area contributed by atoms with Crippen molar-refractivity contribution in [3.8, 4) is 0 Å². The molecule has 2 aliphatic heterocycles. The first-order valence-electron chi connectivity index (χ1n) is 6.63. The van der Waals surface area contributed by atoms with Crippen LogP contribution in [0.3, 0.4) is 0 Å². The van der Waals surface area contributed by atoms with Crippen LogP contribution in [0.1, 0.15) is 24.4 Å². The molecule has 1 saturated heterocycles. The van der Waals surface area contributed by atoms with E-state index in [0.29, 0.717) is 0 Å². The van der Waals surface area contributed by atoms with Crippen molar-refractivity contribution in [1.82, 2.24) is 10.2 Å². The van der Waals surface area contributed by atoms with Gasteiger partial charge in [0.05, 0.1) is 12.6 Å². The topological polar surface area (TPSA) is 27.6 Å². The maximum atomic E-state index is 14.0. The zero-order valence-corrected chi connectivity index (χ0v) is 10.4. The molecule has 1 aromatic rings. The molecule has 0 aliphatic carbocycles. The molecule has 0 spiro atoms. The van der Waals surface area contributed by atoms with Gasteiger partial charge in [-0.1, -0.05) is 18.2 Å². The largest absolute Gasteiger partial charge is 0.370 e. The number of benzene rings is 1. The van der Waals surface area contributed by atoms with E-state index < -0.39 is 0 Å². The third-order valence-corrected chi connectivity index (χ3v) is 3.66. The third-order valence-electron chi connectivity index (χ3n) is 3.66. The second kappa shape index (κ2) is 5.06. The van der Waals surface area contributed by atoms with E-state index in [4.69, 9.17) is 0 Å². The number of aliphatic imine (C=N–C) groups is 1. The normalized spacial score (nSPS) is 21.7. The minimum absolute atomic E-state index is 0.0313. The molecule has 1 aromatic carbocycles. The smallest absolute Gasteiger partial charge is 0.128 e. The first kappa shape index (κ1) is 11.7. The molecule has 0 bridgehead atoms. The quantitative estimate of drug-likeness (QED) is 0.884. The van der Waals surface area contributed by atoms with Gasteiger partial charge >= 0.3 is 0 Å². The molecule has 4 heteroatoms. The van der Waals surface area contributed by atoms with Gasteiger partial charge in [0.15, 0.2) is 0 Å². The van der Waals surface area contributed by atoms with Crippen LogP contribution in [0.2, 0.25) is 0 Å². The Bertz CT molecular complexity index is 452. The van der Waals surface area contributed by atoms with Gasteiger partial charge in [-0.3, -0.25) is 9.89 Å². The number of hydrogen-bond donors (Lipinski definition) is 1. The Kier molecular flexibility index (Phi) is 3.28. The monoisotopic (exact) mass is 247 g/mol. The molecule has 96 valence electrons. The molecule has 3 rings (SSSR count). The molecule has 0 amide bonds. The molecule has 3 nitrogen and oxygen atoms in total. The molecule has 1 atom stereocenters. The van der Waals surface area contributed by atoms with E-state index in [1.807, 2.05) is 12.1 Å². The first-order valence-corrected chi connectivity index (χ1v) is 6.63. The van der Waals surface area contributed by atoms with Gasteiger partial charge in [-0.25, -0.2) is 4.39 Å². The summed E-state index contributed by atoms with van der Waals surface area (Å²) in [4.78, 5) is 6.82. The van der Waals surface area contributed by atoms with E-state index in [9.17, 15) is 4.39 Å². The highest BCUT2D eigenvalue weighted by Crippen LogP contribution is 2.28. The Morgan fingerprint density at radius 2 is 2.00 bits per heavy atom. The van der Waals surface area contributed by atoms with Crippen molar-refractivity contribution in [2.75, 3.05) is 26.2 Å². The first-order chi connectivity index (χ1) is 8.86. The summed E-state index contributed by atoms with van der Waals surface area (Å²) in [5.41, 5.74) is 0.743. The van der Waals surface area contributed by atoms with Crippen molar-refractivity contribution in [2.45, 2.75) is 18.9 Å². The van der Waals surface area contributed by atoms with Gasteiger partial charge in [0.25, 0.3) is 0 Å². The standard InChI is InChI=1S/C14H18FN3/c15-12-6-2-1-5-11(12)13(14-16-7-8-17-14)18-9-3-4-10-18/h1-2,5-6,13H,3-4,7-10H2,(H,16,17). The molecule has 0 aromatic heterocycles. The molecule has 1 N–H and O–H groups in total. The van der Waals surface area contributed by atoms with E-state index in [-0.39, 0.29) is 11.9 Å². The van der Waals surface area contributed by atoms with Gasteiger partial charge in [-0.15, -0.1) is 0 Å². The average molecular weight is 247 g/mol. The maximum absolute atomic E-state index is 14.0. The molecular weight excluding hydrogens is 229 g/mol. The third kappa shape index (κ3) is 2.12. The van der Waals surface area contributed by atoms with Gasteiger partial charge in [-0.2, -0.15) is 0 Å². The van der Waals surface area contributed by atoms with Crippen LogP contribution < -0.4 is 5.32 Å². The van der Waals surface area contributed by atoms with Crippen LogP contribution in [0.5, 0.6) is 0 Å². The summed E-state index contributed by atoms with van der Waals surface area (Å²) in [5, 5.41) is 3.30. The summed E-state index contributed by atoms with van der Waals surface area (Å²) >= 11 is 0. The second-order valence-corrected chi connectivity index (χ2v) is 4.86. The van der Waals surface area contributed by atoms with Gasteiger partial charge in [0.2, 0.25) is 0 Å². The molecule has 18 heavy (non-hydrogen) atoms. The van der Waals surface area contributed by atoms with Crippen LogP contribution in [0.25, 0.3) is 0 Å². The summed E-state index contributed by atoms with van der Waals surface area (Å²) in [5.74, 6) is 0.799. The van der Waals surface area contributed by atoms with E-state index in [1.165, 1.54) is 18.9 Å². The zero-order chi connectivity index (χ0) is 12.4. The molecular formula is C14H18FN3. The highest BCUT2D eigenvalue weighted by molar-refractivity contribution is 5.89. The number of nitrogens with zero attached hydrogens (tertiary/aromatic N) is 2. The van der Waals surface area contributed by atoms with Crippen LogP contribution >= 0.6 is 0 Å². The maximum Gasteiger partial charge on any atom is 0.128 e. The van der Waals surface area contributed by atoms with Crippen molar-refractivity contribution in [3.05, 3.63) is 35.6 Å². The second-order valence-electron chi connectivity index (χ2n) is 4.86. The lowest BCUT2D eigenvalue weighted by Gasteiger charge is -2.28. The summed E-state index contributed by atoms with van der Waals surface area (Å²) in [6.07, 6.45) is 2.39. The Balaban J connectivity index is 1.96. The molecule has 2 aliphatic rings. The fraction of sp³-hybridized carbons (Fsp3) is 0.500. The summed E-state index contributed by atoms with van der Waals surface area (Å²) in [7, 11) is 0. The number of halogens is 1. The predicted octanol–water partition coefficient (Wildman–Crippen LogP) is 1.96. The van der Waals surface area contributed by atoms with Crippen molar-refractivity contribution >= 4 is 5.84 Å². The molecule has 2 heterocycles. The molecule has 0 radical (unpaired) electrons. The number of hydrogen-bond acceptors (Lipinski definition) is 3. The van der Waals surface area contributed by atoms with E-state index in [2.05, 4.69) is 15.2 Å². The van der Waals surface area contributed by atoms with Crippen LogP contribution in [-0.2, 0) is 0 Å². The fourth-order valence-electron chi connectivity index (χ4n) is 2.81. The number of nitrogens with one attached hydrogen (secondary N) is 1. The molecule has 1 unspecified atom stereocenters. The van der Waals surface area contributed by atoms with Crippen molar-refractivity contribution in [2.24, 2.45) is 4.99 Å². The van der Waals surface area contributed by atoms with E-state index in [0.717, 1.165) is 37.6 Å². The summed E-state index contributed by atoms with van der Waals surface area (Å²) in [6, 6.07) is 7.02. The highest BCUT2D eigenvalue weighted by Gasteiger charge is 2.30. The average Bonchev–Trinajstić information content (AvgIpc) is 3.05. The van der Waals surface area contributed by atoms with Gasteiger partial charge in [0, 0.05) is 12.1 Å². The van der Waals surface area contributed by atoms with Crippen LogP contribution in [0.4, 0.5) is 4.39 Å². The highest BCUT2D eigenvalue weighted by atomic mass is 19.1.